The van der Waals surface area contributed by atoms with Crippen LogP contribution in [0.5, 0.6) is 11.5 Å². The van der Waals surface area contributed by atoms with E-state index in [1.807, 2.05) is 24.3 Å². The van der Waals surface area contributed by atoms with Crippen LogP contribution < -0.4 is 14.8 Å². The number of aromatic amines is 1. The number of aromatic nitrogens is 4. The fraction of sp³-hybridized carbons (Fsp3) is 0.316. The molecular weight excluding hydrogens is 330 g/mol. The first-order valence-electron chi connectivity index (χ1n) is 8.68. The van der Waals surface area contributed by atoms with Gasteiger partial charge in [-0.1, -0.05) is 19.9 Å². The van der Waals surface area contributed by atoms with E-state index in [4.69, 9.17) is 9.47 Å². The molecule has 3 heterocycles. The van der Waals surface area contributed by atoms with E-state index in [1.165, 1.54) is 0 Å². The van der Waals surface area contributed by atoms with Gasteiger partial charge in [-0.05, 0) is 29.7 Å². The highest BCUT2D eigenvalue weighted by Gasteiger charge is 2.20. The van der Waals surface area contributed by atoms with Crippen LogP contribution in [0.2, 0.25) is 0 Å². The summed E-state index contributed by atoms with van der Waals surface area (Å²) < 4.78 is 11.3. The fourth-order valence-electron chi connectivity index (χ4n) is 3.03. The summed E-state index contributed by atoms with van der Waals surface area (Å²) in [6, 6.07) is 9.96. The number of rotatable bonds is 5. The Morgan fingerprint density at radius 3 is 2.65 bits per heavy atom. The van der Waals surface area contributed by atoms with Gasteiger partial charge in [0.25, 0.3) is 0 Å². The maximum Gasteiger partial charge on any atom is 0.161 e. The standard InChI is InChI=1S/C19H21N5O2/c1-12(2)19(13-3-4-16-17(9-13)26-8-7-25-16)23-18-10-15(20-11-21-18)14-5-6-22-24-14/h3-6,9-12,19H,7-8H2,1-2H3,(H,22,24)(H,20,21,23)/t19-/m1/s1. The van der Waals surface area contributed by atoms with Crippen molar-refractivity contribution in [2.24, 2.45) is 5.92 Å². The van der Waals surface area contributed by atoms with Crippen molar-refractivity contribution in [3.63, 3.8) is 0 Å². The smallest absolute Gasteiger partial charge is 0.161 e. The average Bonchev–Trinajstić information content (AvgIpc) is 3.21. The van der Waals surface area contributed by atoms with E-state index in [2.05, 4.69) is 45.4 Å². The van der Waals surface area contributed by atoms with Gasteiger partial charge in [-0.2, -0.15) is 5.10 Å². The molecule has 0 saturated carbocycles. The van der Waals surface area contributed by atoms with Gasteiger partial charge in [0.2, 0.25) is 0 Å². The Bertz CT molecular complexity index is 879. The van der Waals surface area contributed by atoms with Gasteiger partial charge in [0, 0.05) is 12.3 Å². The molecule has 0 bridgehead atoms. The lowest BCUT2D eigenvalue weighted by molar-refractivity contribution is 0.171. The fourth-order valence-corrected chi connectivity index (χ4v) is 3.03. The van der Waals surface area contributed by atoms with Gasteiger partial charge < -0.3 is 14.8 Å². The van der Waals surface area contributed by atoms with E-state index in [9.17, 15) is 0 Å². The van der Waals surface area contributed by atoms with E-state index in [1.54, 1.807) is 12.5 Å². The van der Waals surface area contributed by atoms with Crippen LogP contribution in [0.4, 0.5) is 5.82 Å². The number of fused-ring (bicyclic) bond motifs is 1. The third-order valence-corrected chi connectivity index (χ3v) is 4.34. The second-order valence-electron chi connectivity index (χ2n) is 6.53. The van der Waals surface area contributed by atoms with Crippen LogP contribution in [-0.4, -0.2) is 33.4 Å². The molecule has 1 atom stereocenters. The molecule has 4 rings (SSSR count). The van der Waals surface area contributed by atoms with Crippen molar-refractivity contribution in [3.05, 3.63) is 48.4 Å². The summed E-state index contributed by atoms with van der Waals surface area (Å²) in [5.41, 5.74) is 2.78. The molecule has 0 aliphatic carbocycles. The first kappa shape index (κ1) is 16.4. The molecule has 0 amide bonds. The van der Waals surface area contributed by atoms with Crippen molar-refractivity contribution >= 4 is 5.82 Å². The van der Waals surface area contributed by atoms with Crippen LogP contribution in [0, 0.1) is 5.92 Å². The number of H-pyrrole nitrogens is 1. The van der Waals surface area contributed by atoms with Crippen LogP contribution in [0.3, 0.4) is 0 Å². The molecule has 2 N–H and O–H groups in total. The Balaban J connectivity index is 1.61. The number of anilines is 1. The zero-order valence-corrected chi connectivity index (χ0v) is 14.8. The Morgan fingerprint density at radius 1 is 1.04 bits per heavy atom. The quantitative estimate of drug-likeness (QED) is 0.732. The summed E-state index contributed by atoms with van der Waals surface area (Å²) in [6.45, 7) is 5.52. The van der Waals surface area contributed by atoms with Gasteiger partial charge >= 0.3 is 0 Å². The van der Waals surface area contributed by atoms with Crippen molar-refractivity contribution in [3.8, 4) is 22.9 Å². The average molecular weight is 351 g/mol. The minimum Gasteiger partial charge on any atom is -0.486 e. The Hall–Kier alpha value is -3.09. The van der Waals surface area contributed by atoms with Crippen molar-refractivity contribution in [2.75, 3.05) is 18.5 Å². The molecule has 7 nitrogen and oxygen atoms in total. The third-order valence-electron chi connectivity index (χ3n) is 4.34. The van der Waals surface area contributed by atoms with Crippen molar-refractivity contribution in [2.45, 2.75) is 19.9 Å². The van der Waals surface area contributed by atoms with E-state index < -0.39 is 0 Å². The maximum absolute atomic E-state index is 5.72. The minimum absolute atomic E-state index is 0.0790. The highest BCUT2D eigenvalue weighted by atomic mass is 16.6. The van der Waals surface area contributed by atoms with Gasteiger partial charge in [0.1, 0.15) is 25.4 Å². The number of ether oxygens (including phenoxy) is 2. The Morgan fingerprint density at radius 2 is 1.88 bits per heavy atom. The molecule has 1 aromatic carbocycles. The predicted molar refractivity (Wildman–Crippen MR) is 98.2 cm³/mol. The molecule has 134 valence electrons. The van der Waals surface area contributed by atoms with E-state index in [0.717, 1.165) is 34.3 Å². The lowest BCUT2D eigenvalue weighted by Gasteiger charge is -2.26. The SMILES string of the molecule is CC(C)[C@@H](Nc1cc(-c2ccn[nH]2)ncn1)c1ccc2c(c1)OCCO2. The molecule has 0 spiro atoms. The van der Waals surface area contributed by atoms with Gasteiger partial charge in [-0.25, -0.2) is 9.97 Å². The predicted octanol–water partition coefficient (Wildman–Crippen LogP) is 3.45. The normalized spacial score (nSPS) is 14.3. The second kappa shape index (κ2) is 7.03. The van der Waals surface area contributed by atoms with Crippen LogP contribution in [0.15, 0.2) is 42.9 Å². The molecule has 1 aliphatic heterocycles. The highest BCUT2D eigenvalue weighted by Crippen LogP contribution is 2.35. The number of nitrogens with zero attached hydrogens (tertiary/aromatic N) is 3. The van der Waals surface area contributed by atoms with E-state index >= 15 is 0 Å². The summed E-state index contributed by atoms with van der Waals surface area (Å²) in [5.74, 6) is 2.70. The topological polar surface area (TPSA) is 85.0 Å². The molecular formula is C19H21N5O2. The van der Waals surface area contributed by atoms with Crippen molar-refractivity contribution in [1.29, 1.82) is 0 Å². The van der Waals surface area contributed by atoms with Crippen LogP contribution in [0.25, 0.3) is 11.4 Å². The molecule has 0 unspecified atom stereocenters. The first-order chi connectivity index (χ1) is 12.7. The molecule has 26 heavy (non-hydrogen) atoms. The van der Waals surface area contributed by atoms with Crippen LogP contribution >= 0.6 is 0 Å². The lowest BCUT2D eigenvalue weighted by Crippen LogP contribution is -2.19. The van der Waals surface area contributed by atoms with Gasteiger partial charge in [-0.15, -0.1) is 0 Å². The third kappa shape index (κ3) is 3.33. The Labute approximate surface area is 151 Å². The van der Waals surface area contributed by atoms with Gasteiger partial charge in [0.15, 0.2) is 11.5 Å². The molecule has 0 radical (unpaired) electrons. The Kier molecular flexibility index (Phi) is 4.43. The number of hydrogen-bond acceptors (Lipinski definition) is 6. The van der Waals surface area contributed by atoms with E-state index in [0.29, 0.717) is 19.1 Å². The number of benzene rings is 1. The summed E-state index contributed by atoms with van der Waals surface area (Å²) in [7, 11) is 0. The molecule has 2 aromatic heterocycles. The summed E-state index contributed by atoms with van der Waals surface area (Å²) in [6.07, 6.45) is 3.26. The zero-order chi connectivity index (χ0) is 17.9. The van der Waals surface area contributed by atoms with Gasteiger partial charge in [0.05, 0.1) is 17.4 Å². The molecule has 3 aromatic rings. The molecule has 0 saturated heterocycles. The number of hydrogen-bond donors (Lipinski definition) is 2. The van der Waals surface area contributed by atoms with Crippen LogP contribution in [-0.2, 0) is 0 Å². The van der Waals surface area contributed by atoms with Crippen molar-refractivity contribution in [1.82, 2.24) is 20.2 Å². The minimum atomic E-state index is 0.0790. The lowest BCUT2D eigenvalue weighted by atomic mass is 9.95. The van der Waals surface area contributed by atoms with Crippen molar-refractivity contribution < 1.29 is 9.47 Å². The van der Waals surface area contributed by atoms with Crippen LogP contribution in [0.1, 0.15) is 25.5 Å². The molecule has 0 fully saturated rings. The number of nitrogens with one attached hydrogen (secondary N) is 2. The summed E-state index contributed by atoms with van der Waals surface area (Å²) >= 11 is 0. The highest BCUT2D eigenvalue weighted by molar-refractivity contribution is 5.58. The molecule has 7 heteroatoms. The maximum atomic E-state index is 5.72. The largest absolute Gasteiger partial charge is 0.486 e. The van der Waals surface area contributed by atoms with E-state index in [-0.39, 0.29) is 6.04 Å². The first-order valence-corrected chi connectivity index (χ1v) is 8.68. The summed E-state index contributed by atoms with van der Waals surface area (Å²) in [5, 5.41) is 10.4. The molecule has 1 aliphatic rings. The second-order valence-corrected chi connectivity index (χ2v) is 6.53. The zero-order valence-electron chi connectivity index (χ0n) is 14.8. The van der Waals surface area contributed by atoms with Gasteiger partial charge in [-0.3, -0.25) is 5.10 Å². The summed E-state index contributed by atoms with van der Waals surface area (Å²) in [4.78, 5) is 8.68. The monoisotopic (exact) mass is 351 g/mol.